The molecule has 0 aliphatic rings. The van der Waals surface area contributed by atoms with E-state index in [4.69, 9.17) is 10.2 Å². The molecule has 0 spiro atoms. The average Bonchev–Trinajstić information content (AvgIpc) is 2.47. The molecule has 7 heteroatoms. The van der Waals surface area contributed by atoms with Crippen LogP contribution in [0.15, 0.2) is 30.3 Å². The van der Waals surface area contributed by atoms with Crippen molar-refractivity contribution in [1.82, 2.24) is 0 Å². The topological polar surface area (TPSA) is 74.6 Å². The third-order valence-corrected chi connectivity index (χ3v) is 4.07. The molecule has 0 saturated heterocycles. The summed E-state index contributed by atoms with van der Waals surface area (Å²) in [6.45, 7) is 3.20. The highest BCUT2D eigenvalue weighted by Crippen LogP contribution is 2.17. The number of aromatic carboxylic acids is 2. The minimum atomic E-state index is -1.11. The molecule has 2 aromatic rings. The number of carbonyl (C=O) groups is 2. The van der Waals surface area contributed by atoms with Gasteiger partial charge in [0.15, 0.2) is 0 Å². The van der Waals surface area contributed by atoms with Crippen molar-refractivity contribution < 1.29 is 28.6 Å². The number of carboxylic acid groups (broad SMARTS) is 2. The second-order valence-electron chi connectivity index (χ2n) is 4.64. The van der Waals surface area contributed by atoms with Gasteiger partial charge < -0.3 is 10.2 Å². The lowest BCUT2D eigenvalue weighted by atomic mass is 10.1. The summed E-state index contributed by atoms with van der Waals surface area (Å²) < 4.78 is 26.2. The summed E-state index contributed by atoms with van der Waals surface area (Å²) >= 11 is 1.91. The molecule has 0 unspecified atom stereocenters. The van der Waals surface area contributed by atoms with Crippen LogP contribution in [0.3, 0.4) is 0 Å². The highest BCUT2D eigenvalue weighted by atomic mass is 127. The summed E-state index contributed by atoms with van der Waals surface area (Å²) in [4.78, 5) is 20.7. The quantitative estimate of drug-likeness (QED) is 0.693. The highest BCUT2D eigenvalue weighted by Gasteiger charge is 2.09. The largest absolute Gasteiger partial charge is 0.478 e. The molecule has 122 valence electrons. The van der Waals surface area contributed by atoms with Gasteiger partial charge >= 0.3 is 11.9 Å². The van der Waals surface area contributed by atoms with Crippen LogP contribution < -0.4 is 0 Å². The zero-order chi connectivity index (χ0) is 17.7. The van der Waals surface area contributed by atoms with Crippen molar-refractivity contribution in [3.05, 3.63) is 67.8 Å². The zero-order valence-corrected chi connectivity index (χ0v) is 14.4. The number of carboxylic acids is 2. The van der Waals surface area contributed by atoms with E-state index in [1.807, 2.05) is 22.6 Å². The van der Waals surface area contributed by atoms with E-state index in [9.17, 15) is 18.4 Å². The molecule has 0 saturated carbocycles. The fraction of sp³-hybridized carbons (Fsp3) is 0.125. The van der Waals surface area contributed by atoms with Gasteiger partial charge in [0.1, 0.15) is 11.6 Å². The van der Waals surface area contributed by atoms with Gasteiger partial charge in [-0.3, -0.25) is 0 Å². The van der Waals surface area contributed by atoms with Crippen molar-refractivity contribution in [2.45, 2.75) is 13.8 Å². The minimum Gasteiger partial charge on any atom is -0.478 e. The molecule has 0 aliphatic heterocycles. The molecule has 0 fully saturated rings. The maximum atomic E-state index is 12.9. The Morgan fingerprint density at radius 2 is 1.43 bits per heavy atom. The van der Waals surface area contributed by atoms with E-state index in [1.165, 1.54) is 18.2 Å². The van der Waals surface area contributed by atoms with Crippen LogP contribution in [0.4, 0.5) is 8.78 Å². The first-order chi connectivity index (χ1) is 10.6. The van der Waals surface area contributed by atoms with E-state index >= 15 is 0 Å². The predicted molar refractivity (Wildman–Crippen MR) is 88.9 cm³/mol. The lowest BCUT2D eigenvalue weighted by Crippen LogP contribution is -1.99. The van der Waals surface area contributed by atoms with Crippen molar-refractivity contribution in [3.8, 4) is 0 Å². The van der Waals surface area contributed by atoms with Crippen molar-refractivity contribution in [3.63, 3.8) is 0 Å². The Bertz CT molecular complexity index is 737. The fourth-order valence-corrected chi connectivity index (χ4v) is 2.09. The number of hydrogen-bond donors (Lipinski definition) is 2. The predicted octanol–water partition coefficient (Wildman–Crippen LogP) is 4.27. The van der Waals surface area contributed by atoms with Gasteiger partial charge in [-0.2, -0.15) is 0 Å². The maximum absolute atomic E-state index is 12.9. The van der Waals surface area contributed by atoms with Crippen molar-refractivity contribution >= 4 is 34.5 Å². The molecule has 0 bridgehead atoms. The van der Waals surface area contributed by atoms with Crippen LogP contribution in [0.1, 0.15) is 31.8 Å². The van der Waals surface area contributed by atoms with Gasteiger partial charge in [0.25, 0.3) is 0 Å². The third-order valence-electron chi connectivity index (χ3n) is 2.95. The van der Waals surface area contributed by atoms with E-state index in [-0.39, 0.29) is 11.1 Å². The van der Waals surface area contributed by atoms with Crippen LogP contribution in [0.2, 0.25) is 0 Å². The molecule has 23 heavy (non-hydrogen) atoms. The molecule has 0 amide bonds. The Morgan fingerprint density at radius 3 is 1.87 bits per heavy atom. The monoisotopic (exact) mass is 434 g/mol. The number of hydrogen-bond acceptors (Lipinski definition) is 2. The minimum absolute atomic E-state index is 0.0116. The SMILES string of the molecule is Cc1c(F)cc(C(=O)O)cc1I.Cc1ccc(C(=O)O)cc1F. The van der Waals surface area contributed by atoms with Crippen LogP contribution in [0, 0.1) is 29.1 Å². The Hall–Kier alpha value is -2.03. The molecule has 0 aliphatic carbocycles. The Labute approximate surface area is 144 Å². The van der Waals surface area contributed by atoms with Gasteiger partial charge in [0.05, 0.1) is 11.1 Å². The number of benzene rings is 2. The Balaban J connectivity index is 0.000000231. The van der Waals surface area contributed by atoms with Gasteiger partial charge in [0.2, 0.25) is 0 Å². The summed E-state index contributed by atoms with van der Waals surface area (Å²) in [6, 6.07) is 6.30. The molecular formula is C16H13F2IO4. The Kier molecular flexibility index (Phi) is 6.62. The Morgan fingerprint density at radius 1 is 0.913 bits per heavy atom. The molecule has 0 radical (unpaired) electrons. The van der Waals surface area contributed by atoms with Gasteiger partial charge in [0, 0.05) is 3.57 Å². The summed E-state index contributed by atoms with van der Waals surface area (Å²) in [7, 11) is 0. The number of aryl methyl sites for hydroxylation is 1. The third kappa shape index (κ3) is 5.27. The lowest BCUT2D eigenvalue weighted by Gasteiger charge is -2.01. The van der Waals surface area contributed by atoms with Crippen LogP contribution in [0.5, 0.6) is 0 Å². The molecule has 0 aromatic heterocycles. The summed E-state index contributed by atoms with van der Waals surface area (Å²) in [5.41, 5.74) is 0.909. The van der Waals surface area contributed by atoms with Crippen LogP contribution in [-0.2, 0) is 0 Å². The van der Waals surface area contributed by atoms with Crippen molar-refractivity contribution in [1.29, 1.82) is 0 Å². The summed E-state index contributed by atoms with van der Waals surface area (Å²) in [5.74, 6) is -3.17. The van der Waals surface area contributed by atoms with Gasteiger partial charge in [-0.15, -0.1) is 0 Å². The lowest BCUT2D eigenvalue weighted by molar-refractivity contribution is 0.0685. The van der Waals surface area contributed by atoms with E-state index in [1.54, 1.807) is 13.8 Å². The van der Waals surface area contributed by atoms with Gasteiger partial charge in [-0.05, 0) is 71.8 Å². The van der Waals surface area contributed by atoms with Gasteiger partial charge in [-0.1, -0.05) is 6.07 Å². The normalized spacial score (nSPS) is 9.78. The first-order valence-electron chi connectivity index (χ1n) is 6.32. The molecule has 0 heterocycles. The first kappa shape index (κ1) is 19.0. The second kappa shape index (κ2) is 8.00. The average molecular weight is 434 g/mol. The molecular weight excluding hydrogens is 421 g/mol. The van der Waals surface area contributed by atoms with Gasteiger partial charge in [-0.25, -0.2) is 18.4 Å². The zero-order valence-electron chi connectivity index (χ0n) is 12.2. The van der Waals surface area contributed by atoms with E-state index in [2.05, 4.69) is 0 Å². The smallest absolute Gasteiger partial charge is 0.335 e. The van der Waals surface area contributed by atoms with E-state index < -0.39 is 23.6 Å². The van der Waals surface area contributed by atoms with E-state index in [0.717, 1.165) is 12.1 Å². The van der Waals surface area contributed by atoms with Crippen molar-refractivity contribution in [2.75, 3.05) is 0 Å². The summed E-state index contributed by atoms with van der Waals surface area (Å²) in [5, 5.41) is 17.0. The maximum Gasteiger partial charge on any atom is 0.335 e. The standard InChI is InChI=1S/C8H6FIO2.C8H7FO2/c1-4-6(9)2-5(8(11)12)3-7(4)10;1-5-2-3-6(8(10)11)4-7(5)9/h2-3H,1H3,(H,11,12);2-4H,1H3,(H,10,11). The fourth-order valence-electron chi connectivity index (χ4n) is 1.49. The van der Waals surface area contributed by atoms with Crippen LogP contribution in [-0.4, -0.2) is 22.2 Å². The molecule has 4 nitrogen and oxygen atoms in total. The second-order valence-corrected chi connectivity index (χ2v) is 5.80. The van der Waals surface area contributed by atoms with Crippen molar-refractivity contribution in [2.24, 2.45) is 0 Å². The first-order valence-corrected chi connectivity index (χ1v) is 7.39. The van der Waals surface area contributed by atoms with Crippen LogP contribution in [0.25, 0.3) is 0 Å². The number of rotatable bonds is 2. The summed E-state index contributed by atoms with van der Waals surface area (Å²) in [6.07, 6.45) is 0. The molecule has 2 N–H and O–H groups in total. The molecule has 2 aromatic carbocycles. The van der Waals surface area contributed by atoms with Crippen LogP contribution >= 0.6 is 22.6 Å². The molecule has 2 rings (SSSR count). The number of halogens is 3. The highest BCUT2D eigenvalue weighted by molar-refractivity contribution is 14.1. The van der Waals surface area contributed by atoms with E-state index in [0.29, 0.717) is 14.7 Å². The molecule has 0 atom stereocenters.